The van der Waals surface area contributed by atoms with Crippen molar-refractivity contribution in [3.63, 3.8) is 0 Å². The maximum absolute atomic E-state index is 12.4. The lowest BCUT2D eigenvalue weighted by atomic mass is 10.1. The minimum absolute atomic E-state index is 0.0703. The molecule has 0 aromatic heterocycles. The Labute approximate surface area is 99.0 Å². The van der Waals surface area contributed by atoms with Crippen LogP contribution in [0.1, 0.15) is 32.6 Å². The molecule has 1 saturated carbocycles. The Morgan fingerprint density at radius 1 is 1.50 bits per heavy atom. The summed E-state index contributed by atoms with van der Waals surface area (Å²) in [5.41, 5.74) is 5.41. The van der Waals surface area contributed by atoms with Crippen molar-refractivity contribution in [2.45, 2.75) is 50.9 Å². The van der Waals surface area contributed by atoms with Crippen LogP contribution in [0.2, 0.25) is 0 Å². The van der Waals surface area contributed by atoms with E-state index in [-0.39, 0.29) is 12.1 Å². The molecule has 0 spiro atoms. The molecule has 0 saturated heterocycles. The zero-order valence-electron chi connectivity index (χ0n) is 9.26. The van der Waals surface area contributed by atoms with E-state index in [1.165, 1.54) is 4.90 Å². The van der Waals surface area contributed by atoms with Crippen molar-refractivity contribution in [3.8, 4) is 0 Å². The lowest BCUT2D eigenvalue weighted by Gasteiger charge is -2.31. The van der Waals surface area contributed by atoms with Crippen LogP contribution in [-0.2, 0) is 0 Å². The standard InChI is InChI=1S/C10H17F3N2S/c1-2-7(5-9(14)16)15(8-3-4-8)6-10(11,12)13/h7-8H,2-6H2,1H3,(H2,14,16). The first kappa shape index (κ1) is 13.7. The van der Waals surface area contributed by atoms with Gasteiger partial charge in [-0.25, -0.2) is 0 Å². The molecule has 1 rings (SSSR count). The van der Waals surface area contributed by atoms with E-state index in [4.69, 9.17) is 18.0 Å². The van der Waals surface area contributed by atoms with Crippen LogP contribution in [0.25, 0.3) is 0 Å². The molecule has 1 fully saturated rings. The summed E-state index contributed by atoms with van der Waals surface area (Å²) < 4.78 is 37.3. The molecular weight excluding hydrogens is 237 g/mol. The fourth-order valence-corrected chi connectivity index (χ4v) is 2.09. The van der Waals surface area contributed by atoms with Gasteiger partial charge >= 0.3 is 6.18 Å². The quantitative estimate of drug-likeness (QED) is 0.738. The highest BCUT2D eigenvalue weighted by Gasteiger charge is 2.40. The molecule has 1 aliphatic carbocycles. The summed E-state index contributed by atoms with van der Waals surface area (Å²) in [6.45, 7) is 1.02. The van der Waals surface area contributed by atoms with Gasteiger partial charge in [0.1, 0.15) is 0 Å². The first-order chi connectivity index (χ1) is 7.33. The highest BCUT2D eigenvalue weighted by Crippen LogP contribution is 2.33. The van der Waals surface area contributed by atoms with Gasteiger partial charge in [-0.2, -0.15) is 13.2 Å². The third-order valence-corrected chi connectivity index (χ3v) is 2.92. The fraction of sp³-hybridized carbons (Fsp3) is 0.900. The number of nitrogens with two attached hydrogens (primary N) is 1. The van der Waals surface area contributed by atoms with Crippen LogP contribution in [0, 0.1) is 0 Å². The summed E-state index contributed by atoms with van der Waals surface area (Å²) in [5, 5.41) is 0. The number of rotatable bonds is 6. The average molecular weight is 254 g/mol. The lowest BCUT2D eigenvalue weighted by Crippen LogP contribution is -2.44. The topological polar surface area (TPSA) is 29.3 Å². The Balaban J connectivity index is 2.62. The van der Waals surface area contributed by atoms with Crippen molar-refractivity contribution in [2.75, 3.05) is 6.54 Å². The summed E-state index contributed by atoms with van der Waals surface area (Å²) in [7, 11) is 0. The zero-order chi connectivity index (χ0) is 12.3. The molecule has 1 aliphatic rings. The molecule has 16 heavy (non-hydrogen) atoms. The van der Waals surface area contributed by atoms with E-state index < -0.39 is 12.7 Å². The van der Waals surface area contributed by atoms with E-state index in [0.29, 0.717) is 17.8 Å². The smallest absolute Gasteiger partial charge is 0.393 e. The molecule has 0 amide bonds. The zero-order valence-corrected chi connectivity index (χ0v) is 10.1. The number of nitrogens with zero attached hydrogens (tertiary/aromatic N) is 1. The average Bonchev–Trinajstić information content (AvgIpc) is 2.91. The molecule has 0 aromatic rings. The highest BCUT2D eigenvalue weighted by atomic mass is 32.1. The SMILES string of the molecule is CCC(CC(N)=S)N(CC(F)(F)F)C1CC1. The number of thiocarbonyl (C=S) groups is 1. The van der Waals surface area contributed by atoms with Crippen molar-refractivity contribution < 1.29 is 13.2 Å². The third kappa shape index (κ3) is 4.65. The molecule has 1 atom stereocenters. The lowest BCUT2D eigenvalue weighted by molar-refractivity contribution is -0.152. The Bertz CT molecular complexity index is 251. The number of halogens is 3. The van der Waals surface area contributed by atoms with Crippen molar-refractivity contribution in [2.24, 2.45) is 5.73 Å². The predicted molar refractivity (Wildman–Crippen MR) is 61.3 cm³/mol. The first-order valence-corrected chi connectivity index (χ1v) is 5.85. The van der Waals surface area contributed by atoms with E-state index in [1.807, 2.05) is 6.92 Å². The van der Waals surface area contributed by atoms with E-state index >= 15 is 0 Å². The molecule has 94 valence electrons. The van der Waals surface area contributed by atoms with Crippen molar-refractivity contribution in [1.82, 2.24) is 4.90 Å². The molecule has 0 bridgehead atoms. The van der Waals surface area contributed by atoms with E-state index in [1.54, 1.807) is 0 Å². The Morgan fingerprint density at radius 3 is 2.38 bits per heavy atom. The van der Waals surface area contributed by atoms with Crippen molar-refractivity contribution >= 4 is 17.2 Å². The van der Waals surface area contributed by atoms with Gasteiger partial charge in [0.2, 0.25) is 0 Å². The van der Waals surface area contributed by atoms with Gasteiger partial charge in [0.15, 0.2) is 0 Å². The monoisotopic (exact) mass is 254 g/mol. The second kappa shape index (κ2) is 5.31. The predicted octanol–water partition coefficient (Wildman–Crippen LogP) is 2.47. The van der Waals surface area contributed by atoms with Gasteiger partial charge in [-0.15, -0.1) is 0 Å². The van der Waals surface area contributed by atoms with Gasteiger partial charge < -0.3 is 5.73 Å². The van der Waals surface area contributed by atoms with Gasteiger partial charge in [0.05, 0.1) is 11.5 Å². The summed E-state index contributed by atoms with van der Waals surface area (Å²) in [5.74, 6) is 0. The molecule has 2 nitrogen and oxygen atoms in total. The first-order valence-electron chi connectivity index (χ1n) is 5.44. The van der Waals surface area contributed by atoms with Gasteiger partial charge in [-0.3, -0.25) is 4.90 Å². The van der Waals surface area contributed by atoms with E-state index in [0.717, 1.165) is 12.8 Å². The van der Waals surface area contributed by atoms with Crippen LogP contribution in [0.4, 0.5) is 13.2 Å². The molecular formula is C10H17F3N2S. The van der Waals surface area contributed by atoms with E-state index in [9.17, 15) is 13.2 Å². The van der Waals surface area contributed by atoms with Crippen LogP contribution in [-0.4, -0.2) is 34.7 Å². The van der Waals surface area contributed by atoms with Crippen LogP contribution in [0.15, 0.2) is 0 Å². The molecule has 0 radical (unpaired) electrons. The Hall–Kier alpha value is -0.360. The number of alkyl halides is 3. The molecule has 0 aliphatic heterocycles. The van der Waals surface area contributed by atoms with Gasteiger partial charge in [-0.1, -0.05) is 19.1 Å². The number of hydrogen-bond donors (Lipinski definition) is 1. The van der Waals surface area contributed by atoms with Crippen molar-refractivity contribution in [1.29, 1.82) is 0 Å². The maximum atomic E-state index is 12.4. The second-order valence-electron chi connectivity index (χ2n) is 4.25. The number of hydrogen-bond acceptors (Lipinski definition) is 2. The normalized spacial score (nSPS) is 18.8. The van der Waals surface area contributed by atoms with Gasteiger partial charge in [0.25, 0.3) is 0 Å². The fourth-order valence-electron chi connectivity index (χ4n) is 1.90. The molecule has 1 unspecified atom stereocenters. The van der Waals surface area contributed by atoms with Crippen LogP contribution >= 0.6 is 12.2 Å². The van der Waals surface area contributed by atoms with E-state index in [2.05, 4.69) is 0 Å². The summed E-state index contributed by atoms with van der Waals surface area (Å²) in [6, 6.07) is -0.104. The molecule has 6 heteroatoms. The highest BCUT2D eigenvalue weighted by molar-refractivity contribution is 7.80. The maximum Gasteiger partial charge on any atom is 0.401 e. The summed E-state index contributed by atoms with van der Waals surface area (Å²) >= 11 is 4.78. The summed E-state index contributed by atoms with van der Waals surface area (Å²) in [6.07, 6.45) is -1.43. The van der Waals surface area contributed by atoms with Crippen molar-refractivity contribution in [3.05, 3.63) is 0 Å². The second-order valence-corrected chi connectivity index (χ2v) is 4.78. The van der Waals surface area contributed by atoms with Gasteiger partial charge in [-0.05, 0) is 19.3 Å². The Morgan fingerprint density at radius 2 is 2.06 bits per heavy atom. The largest absolute Gasteiger partial charge is 0.401 e. The third-order valence-electron chi connectivity index (χ3n) is 2.75. The Kier molecular flexibility index (Phi) is 4.55. The van der Waals surface area contributed by atoms with Crippen LogP contribution < -0.4 is 5.73 Å². The molecule has 0 aromatic carbocycles. The summed E-state index contributed by atoms with van der Waals surface area (Å²) in [4.78, 5) is 1.80. The van der Waals surface area contributed by atoms with Gasteiger partial charge in [0, 0.05) is 18.5 Å². The molecule has 0 heterocycles. The minimum atomic E-state index is -4.15. The minimum Gasteiger partial charge on any atom is -0.393 e. The van der Waals surface area contributed by atoms with Crippen LogP contribution in [0.5, 0.6) is 0 Å². The van der Waals surface area contributed by atoms with Crippen LogP contribution in [0.3, 0.4) is 0 Å². The molecule has 2 N–H and O–H groups in total.